The average Bonchev–Trinajstić information content (AvgIpc) is 2.38. The molecule has 1 saturated carbocycles. The van der Waals surface area contributed by atoms with Crippen LogP contribution in [0.1, 0.15) is 39.5 Å². The Bertz CT molecular complexity index is 555. The van der Waals surface area contributed by atoms with E-state index in [1.54, 1.807) is 18.3 Å². The van der Waals surface area contributed by atoms with Gasteiger partial charge in [0.15, 0.2) is 9.84 Å². The maximum absolute atomic E-state index is 11.8. The quantitative estimate of drug-likeness (QED) is 0.927. The monoisotopic (exact) mass is 296 g/mol. The molecule has 2 unspecified atom stereocenters. The predicted molar refractivity (Wildman–Crippen MR) is 81.6 cm³/mol. The Morgan fingerprint density at radius 1 is 1.35 bits per heavy atom. The highest BCUT2D eigenvalue weighted by Gasteiger charge is 2.25. The largest absolute Gasteiger partial charge is 0.366 e. The van der Waals surface area contributed by atoms with Gasteiger partial charge >= 0.3 is 0 Å². The summed E-state index contributed by atoms with van der Waals surface area (Å²) >= 11 is 0. The first-order valence-corrected chi connectivity index (χ1v) is 9.18. The van der Waals surface area contributed by atoms with Gasteiger partial charge in [-0.15, -0.1) is 0 Å². The first kappa shape index (κ1) is 15.3. The molecule has 1 aliphatic carbocycles. The van der Waals surface area contributed by atoms with E-state index < -0.39 is 9.84 Å². The zero-order valence-corrected chi connectivity index (χ0v) is 13.3. The normalized spacial score (nSPS) is 23.8. The van der Waals surface area contributed by atoms with Gasteiger partial charge in [-0.25, -0.2) is 13.4 Å². The fraction of sp³-hybridized carbons (Fsp3) is 0.667. The van der Waals surface area contributed by atoms with Crippen molar-refractivity contribution in [2.24, 2.45) is 11.8 Å². The SMILES string of the molecule is CC(C)C1CCCC(Nc2ncccc2S(C)(=O)=O)C1. The highest BCUT2D eigenvalue weighted by molar-refractivity contribution is 7.90. The number of aromatic nitrogens is 1. The molecule has 1 N–H and O–H groups in total. The Morgan fingerprint density at radius 2 is 2.10 bits per heavy atom. The molecule has 20 heavy (non-hydrogen) atoms. The molecule has 1 aromatic heterocycles. The molecule has 0 amide bonds. The Morgan fingerprint density at radius 3 is 2.75 bits per heavy atom. The standard InChI is InChI=1S/C15H24N2O2S/c1-11(2)12-6-4-7-13(10-12)17-15-14(20(3,18)19)8-5-9-16-15/h5,8-9,11-13H,4,6-7,10H2,1-3H3,(H,16,17). The lowest BCUT2D eigenvalue weighted by atomic mass is 9.79. The van der Waals surface area contributed by atoms with Gasteiger partial charge in [0.2, 0.25) is 0 Å². The Labute approximate surface area is 121 Å². The van der Waals surface area contributed by atoms with Crippen molar-refractivity contribution in [3.8, 4) is 0 Å². The number of nitrogens with zero attached hydrogens (tertiary/aromatic N) is 1. The molecule has 112 valence electrons. The Hall–Kier alpha value is -1.10. The second kappa shape index (κ2) is 6.12. The van der Waals surface area contributed by atoms with Gasteiger partial charge in [0, 0.05) is 18.5 Å². The van der Waals surface area contributed by atoms with Crippen LogP contribution in [-0.2, 0) is 9.84 Å². The molecule has 0 aliphatic heterocycles. The van der Waals surface area contributed by atoms with Crippen LogP contribution >= 0.6 is 0 Å². The minimum absolute atomic E-state index is 0.298. The number of nitrogens with one attached hydrogen (secondary N) is 1. The van der Waals surface area contributed by atoms with Gasteiger partial charge in [0.05, 0.1) is 0 Å². The molecule has 4 nitrogen and oxygen atoms in total. The summed E-state index contributed by atoms with van der Waals surface area (Å²) in [6.07, 6.45) is 7.52. The molecule has 0 radical (unpaired) electrons. The second-order valence-corrected chi connectivity index (χ2v) is 8.12. The maximum atomic E-state index is 11.8. The van der Waals surface area contributed by atoms with Gasteiger partial charge in [0.1, 0.15) is 10.7 Å². The van der Waals surface area contributed by atoms with E-state index in [2.05, 4.69) is 24.1 Å². The minimum Gasteiger partial charge on any atom is -0.366 e. The summed E-state index contributed by atoms with van der Waals surface area (Å²) in [5, 5.41) is 3.35. The second-order valence-electron chi connectivity index (χ2n) is 6.13. The van der Waals surface area contributed by atoms with E-state index in [9.17, 15) is 8.42 Å². The van der Waals surface area contributed by atoms with Crippen LogP contribution in [-0.4, -0.2) is 25.7 Å². The van der Waals surface area contributed by atoms with Crippen LogP contribution in [0.3, 0.4) is 0 Å². The smallest absolute Gasteiger partial charge is 0.179 e. The van der Waals surface area contributed by atoms with Gasteiger partial charge in [-0.1, -0.05) is 26.7 Å². The third kappa shape index (κ3) is 3.72. The molecule has 0 saturated heterocycles. The van der Waals surface area contributed by atoms with Crippen molar-refractivity contribution in [3.05, 3.63) is 18.3 Å². The number of rotatable bonds is 4. The van der Waals surface area contributed by atoms with Crippen LogP contribution in [0.25, 0.3) is 0 Å². The Kier molecular flexibility index (Phi) is 4.68. The zero-order chi connectivity index (χ0) is 14.8. The predicted octanol–water partition coefficient (Wildman–Crippen LogP) is 3.11. The average molecular weight is 296 g/mol. The molecule has 0 bridgehead atoms. The summed E-state index contributed by atoms with van der Waals surface area (Å²) in [7, 11) is -3.24. The van der Waals surface area contributed by atoms with Crippen LogP contribution in [0.4, 0.5) is 5.82 Å². The van der Waals surface area contributed by atoms with Crippen LogP contribution in [0.15, 0.2) is 23.2 Å². The van der Waals surface area contributed by atoms with Crippen LogP contribution in [0, 0.1) is 11.8 Å². The van der Waals surface area contributed by atoms with Crippen LogP contribution < -0.4 is 5.32 Å². The van der Waals surface area contributed by atoms with Crippen molar-refractivity contribution < 1.29 is 8.42 Å². The number of pyridine rings is 1. The van der Waals surface area contributed by atoms with Crippen LogP contribution in [0.5, 0.6) is 0 Å². The van der Waals surface area contributed by atoms with E-state index in [4.69, 9.17) is 0 Å². The number of hydrogen-bond donors (Lipinski definition) is 1. The van der Waals surface area contributed by atoms with Crippen molar-refractivity contribution in [1.29, 1.82) is 0 Å². The highest BCUT2D eigenvalue weighted by Crippen LogP contribution is 2.32. The number of hydrogen-bond acceptors (Lipinski definition) is 4. The topological polar surface area (TPSA) is 59.1 Å². The summed E-state index contributed by atoms with van der Waals surface area (Å²) in [5.41, 5.74) is 0. The molecule has 1 aliphatic rings. The molecule has 5 heteroatoms. The zero-order valence-electron chi connectivity index (χ0n) is 12.5. The molecular weight excluding hydrogens is 272 g/mol. The molecule has 0 spiro atoms. The van der Waals surface area contributed by atoms with E-state index in [0.717, 1.165) is 12.8 Å². The van der Waals surface area contributed by atoms with Crippen molar-refractivity contribution in [2.45, 2.75) is 50.5 Å². The maximum Gasteiger partial charge on any atom is 0.179 e. The number of sulfone groups is 1. The summed E-state index contributed by atoms with van der Waals surface area (Å²) < 4.78 is 23.6. The first-order chi connectivity index (χ1) is 9.38. The molecule has 2 atom stereocenters. The fourth-order valence-corrected chi connectivity index (χ4v) is 3.74. The van der Waals surface area contributed by atoms with Gasteiger partial charge in [0.25, 0.3) is 0 Å². The van der Waals surface area contributed by atoms with Crippen molar-refractivity contribution in [1.82, 2.24) is 4.98 Å². The minimum atomic E-state index is -3.24. The fourth-order valence-electron chi connectivity index (χ4n) is 2.96. The lowest BCUT2D eigenvalue weighted by Gasteiger charge is -2.32. The van der Waals surface area contributed by atoms with Gasteiger partial charge in [-0.3, -0.25) is 0 Å². The van der Waals surface area contributed by atoms with Crippen molar-refractivity contribution in [2.75, 3.05) is 11.6 Å². The number of anilines is 1. The lowest BCUT2D eigenvalue weighted by molar-refractivity contribution is 0.264. The third-order valence-electron chi connectivity index (χ3n) is 4.17. The van der Waals surface area contributed by atoms with Crippen molar-refractivity contribution in [3.63, 3.8) is 0 Å². The molecule has 1 fully saturated rings. The van der Waals surface area contributed by atoms with E-state index in [1.807, 2.05) is 0 Å². The van der Waals surface area contributed by atoms with Gasteiger partial charge < -0.3 is 5.32 Å². The van der Waals surface area contributed by atoms with E-state index in [0.29, 0.717) is 28.6 Å². The Balaban J connectivity index is 2.14. The first-order valence-electron chi connectivity index (χ1n) is 7.29. The van der Waals surface area contributed by atoms with E-state index in [1.165, 1.54) is 19.1 Å². The van der Waals surface area contributed by atoms with Crippen LogP contribution in [0.2, 0.25) is 0 Å². The lowest BCUT2D eigenvalue weighted by Crippen LogP contribution is -2.30. The summed E-state index contributed by atoms with van der Waals surface area (Å²) in [6, 6.07) is 3.61. The molecule has 1 aromatic rings. The molecule has 2 rings (SSSR count). The van der Waals surface area contributed by atoms with Gasteiger partial charge in [-0.2, -0.15) is 0 Å². The molecule has 1 heterocycles. The van der Waals surface area contributed by atoms with E-state index in [-0.39, 0.29) is 0 Å². The molecule has 0 aromatic carbocycles. The highest BCUT2D eigenvalue weighted by atomic mass is 32.2. The molecular formula is C15H24N2O2S. The van der Waals surface area contributed by atoms with Crippen molar-refractivity contribution >= 4 is 15.7 Å². The summed E-state index contributed by atoms with van der Waals surface area (Å²) in [5.74, 6) is 1.90. The van der Waals surface area contributed by atoms with Gasteiger partial charge in [-0.05, 0) is 36.8 Å². The van der Waals surface area contributed by atoms with E-state index >= 15 is 0 Å². The summed E-state index contributed by atoms with van der Waals surface area (Å²) in [6.45, 7) is 4.52. The third-order valence-corrected chi connectivity index (χ3v) is 5.30. The summed E-state index contributed by atoms with van der Waals surface area (Å²) in [4.78, 5) is 4.52.